The smallest absolute Gasteiger partial charge is 0.310 e. The van der Waals surface area contributed by atoms with Crippen LogP contribution in [-0.4, -0.2) is 57.4 Å². The van der Waals surface area contributed by atoms with Gasteiger partial charge in [0.2, 0.25) is 0 Å². The minimum Gasteiger partial charge on any atom is -0.310 e. The summed E-state index contributed by atoms with van der Waals surface area (Å²) in [6.07, 6.45) is 3.48. The fourth-order valence-corrected chi connectivity index (χ4v) is 4.77. The van der Waals surface area contributed by atoms with Gasteiger partial charge in [-0.25, -0.2) is 4.79 Å². The van der Waals surface area contributed by atoms with Gasteiger partial charge in [0.15, 0.2) is 0 Å². The van der Waals surface area contributed by atoms with Gasteiger partial charge in [-0.05, 0) is 45.1 Å². The van der Waals surface area contributed by atoms with Crippen LogP contribution in [0.1, 0.15) is 45.1 Å². The molecule has 3 aliphatic rings. The van der Waals surface area contributed by atoms with Gasteiger partial charge in [-0.15, -0.1) is 0 Å². The zero-order chi connectivity index (χ0) is 17.6. The molecule has 0 saturated carbocycles. The lowest BCUT2D eigenvalue weighted by molar-refractivity contribution is -0.134. The van der Waals surface area contributed by atoms with Gasteiger partial charge in [0.05, 0.1) is 0 Å². The molecule has 134 valence electrons. The van der Waals surface area contributed by atoms with Gasteiger partial charge in [-0.1, -0.05) is 30.3 Å². The normalized spacial score (nSPS) is 33.2. The highest BCUT2D eigenvalue weighted by atomic mass is 16.2. The zero-order valence-electron chi connectivity index (χ0n) is 15.1. The van der Waals surface area contributed by atoms with E-state index < -0.39 is 5.54 Å². The number of urea groups is 1. The number of likely N-dealkylation sites (tertiary alicyclic amines) is 1. The van der Waals surface area contributed by atoms with Gasteiger partial charge in [0, 0.05) is 31.7 Å². The molecule has 3 heterocycles. The van der Waals surface area contributed by atoms with Crippen molar-refractivity contribution < 1.29 is 9.59 Å². The van der Waals surface area contributed by atoms with Gasteiger partial charge in [-0.3, -0.25) is 14.6 Å². The van der Waals surface area contributed by atoms with Crippen molar-refractivity contribution in [2.24, 2.45) is 0 Å². The third-order valence-corrected chi connectivity index (χ3v) is 6.34. The first-order chi connectivity index (χ1) is 12.0. The van der Waals surface area contributed by atoms with Crippen molar-refractivity contribution in [3.63, 3.8) is 0 Å². The summed E-state index contributed by atoms with van der Waals surface area (Å²) in [7, 11) is 0. The average molecular weight is 341 g/mol. The molecule has 0 radical (unpaired) electrons. The molecule has 25 heavy (non-hydrogen) atoms. The van der Waals surface area contributed by atoms with E-state index in [2.05, 4.69) is 36.1 Å². The van der Waals surface area contributed by atoms with Crippen LogP contribution in [0, 0.1) is 0 Å². The Labute approximate surface area is 149 Å². The summed E-state index contributed by atoms with van der Waals surface area (Å²) < 4.78 is 0. The summed E-state index contributed by atoms with van der Waals surface area (Å²) in [6.45, 7) is 6.73. The second-order valence-corrected chi connectivity index (χ2v) is 7.97. The number of rotatable bonds is 3. The molecule has 0 spiro atoms. The lowest BCUT2D eigenvalue weighted by Crippen LogP contribution is -2.51. The molecule has 4 rings (SSSR count). The van der Waals surface area contributed by atoms with Gasteiger partial charge in [-0.2, -0.15) is 0 Å². The van der Waals surface area contributed by atoms with Gasteiger partial charge < -0.3 is 4.90 Å². The highest BCUT2D eigenvalue weighted by molar-refractivity contribution is 6.07. The minimum absolute atomic E-state index is 0.0312. The van der Waals surface area contributed by atoms with E-state index in [4.69, 9.17) is 0 Å². The van der Waals surface area contributed by atoms with E-state index in [1.54, 1.807) is 9.80 Å². The number of piperidine rings is 1. The molecule has 0 N–H and O–H groups in total. The van der Waals surface area contributed by atoms with E-state index in [0.717, 1.165) is 45.3 Å². The zero-order valence-corrected chi connectivity index (χ0v) is 15.1. The number of amides is 3. The number of hydrogen-bond acceptors (Lipinski definition) is 3. The Balaban J connectivity index is 1.44. The predicted molar refractivity (Wildman–Crippen MR) is 95.9 cm³/mol. The lowest BCUT2D eigenvalue weighted by Gasteiger charge is -2.40. The molecule has 0 aliphatic carbocycles. The molecule has 0 bridgehead atoms. The molecule has 3 fully saturated rings. The SMILES string of the molecule is C[C@@H]1C[C@H](N2C(=O)N3CCC[C@@]3(C)C2=O)CCN1Cc1ccccc1. The number of carbonyl (C=O) groups is 2. The van der Waals surface area contributed by atoms with Crippen LogP contribution in [0.25, 0.3) is 0 Å². The van der Waals surface area contributed by atoms with E-state index in [-0.39, 0.29) is 18.0 Å². The first-order valence-corrected chi connectivity index (χ1v) is 9.44. The van der Waals surface area contributed by atoms with E-state index in [0.29, 0.717) is 6.04 Å². The van der Waals surface area contributed by atoms with Crippen LogP contribution >= 0.6 is 0 Å². The number of hydrogen-bond donors (Lipinski definition) is 0. The fourth-order valence-electron chi connectivity index (χ4n) is 4.77. The van der Waals surface area contributed by atoms with E-state index in [9.17, 15) is 9.59 Å². The molecule has 3 amide bonds. The van der Waals surface area contributed by atoms with Crippen LogP contribution in [0.15, 0.2) is 30.3 Å². The van der Waals surface area contributed by atoms with Gasteiger partial charge in [0.1, 0.15) is 5.54 Å². The van der Waals surface area contributed by atoms with Crippen molar-refractivity contribution in [2.75, 3.05) is 13.1 Å². The van der Waals surface area contributed by atoms with Crippen LogP contribution < -0.4 is 0 Å². The molecule has 3 aliphatic heterocycles. The van der Waals surface area contributed by atoms with E-state index >= 15 is 0 Å². The van der Waals surface area contributed by atoms with Gasteiger partial charge in [0.25, 0.3) is 5.91 Å². The highest BCUT2D eigenvalue weighted by Gasteiger charge is 2.58. The monoisotopic (exact) mass is 341 g/mol. The molecular formula is C20H27N3O2. The first kappa shape index (κ1) is 16.6. The van der Waals surface area contributed by atoms with Crippen LogP contribution in [0.4, 0.5) is 4.79 Å². The quantitative estimate of drug-likeness (QED) is 0.794. The Bertz CT molecular complexity index is 677. The Hall–Kier alpha value is -1.88. The second kappa shape index (κ2) is 6.13. The highest BCUT2D eigenvalue weighted by Crippen LogP contribution is 2.40. The van der Waals surface area contributed by atoms with Crippen molar-refractivity contribution in [3.05, 3.63) is 35.9 Å². The standard InChI is InChI=1S/C20H27N3O2/c1-15-13-17(9-12-21(15)14-16-7-4-3-5-8-16)23-18(24)20(2)10-6-11-22(20)19(23)25/h3-5,7-8,15,17H,6,9-14H2,1-2H3/t15-,17-,20+/m1/s1. The number of benzene rings is 1. The predicted octanol–water partition coefficient (Wildman–Crippen LogP) is 2.86. The average Bonchev–Trinajstić information content (AvgIpc) is 3.08. The summed E-state index contributed by atoms with van der Waals surface area (Å²) in [6, 6.07) is 10.8. The molecule has 1 aromatic rings. The molecule has 0 unspecified atom stereocenters. The Morgan fingerprint density at radius 3 is 2.60 bits per heavy atom. The van der Waals surface area contributed by atoms with E-state index in [1.165, 1.54) is 5.56 Å². The number of carbonyl (C=O) groups excluding carboxylic acids is 2. The third-order valence-electron chi connectivity index (χ3n) is 6.34. The number of nitrogens with zero attached hydrogens (tertiary/aromatic N) is 3. The molecule has 1 aromatic carbocycles. The first-order valence-electron chi connectivity index (χ1n) is 9.44. The molecule has 3 atom stereocenters. The Morgan fingerprint density at radius 1 is 1.16 bits per heavy atom. The number of imide groups is 1. The minimum atomic E-state index is -0.582. The van der Waals surface area contributed by atoms with Crippen molar-refractivity contribution in [3.8, 4) is 0 Å². The van der Waals surface area contributed by atoms with Gasteiger partial charge >= 0.3 is 6.03 Å². The largest absolute Gasteiger partial charge is 0.327 e. The summed E-state index contributed by atoms with van der Waals surface area (Å²) in [4.78, 5) is 31.6. The van der Waals surface area contributed by atoms with Crippen LogP contribution in [0.2, 0.25) is 0 Å². The molecule has 0 aromatic heterocycles. The maximum Gasteiger partial charge on any atom is 0.327 e. The van der Waals surface area contributed by atoms with Crippen molar-refractivity contribution in [1.82, 2.24) is 14.7 Å². The molecule has 3 saturated heterocycles. The molecule has 5 heteroatoms. The van der Waals surface area contributed by atoms with Crippen LogP contribution in [-0.2, 0) is 11.3 Å². The van der Waals surface area contributed by atoms with Crippen molar-refractivity contribution in [1.29, 1.82) is 0 Å². The van der Waals surface area contributed by atoms with E-state index in [1.807, 2.05) is 13.0 Å². The maximum atomic E-state index is 12.9. The summed E-state index contributed by atoms with van der Waals surface area (Å²) in [5.74, 6) is 0.0312. The summed E-state index contributed by atoms with van der Waals surface area (Å²) in [5.41, 5.74) is 0.732. The van der Waals surface area contributed by atoms with Crippen molar-refractivity contribution in [2.45, 2.75) is 63.7 Å². The second-order valence-electron chi connectivity index (χ2n) is 7.97. The van der Waals surface area contributed by atoms with Crippen molar-refractivity contribution >= 4 is 11.9 Å². The van der Waals surface area contributed by atoms with Crippen LogP contribution in [0.3, 0.4) is 0 Å². The summed E-state index contributed by atoms with van der Waals surface area (Å²) in [5, 5.41) is 0. The van der Waals surface area contributed by atoms with Crippen LogP contribution in [0.5, 0.6) is 0 Å². The number of fused-ring (bicyclic) bond motifs is 1. The third kappa shape index (κ3) is 2.65. The molecule has 5 nitrogen and oxygen atoms in total. The fraction of sp³-hybridized carbons (Fsp3) is 0.600. The maximum absolute atomic E-state index is 12.9. The lowest BCUT2D eigenvalue weighted by atomic mass is 9.94. The Kier molecular flexibility index (Phi) is 4.07. The summed E-state index contributed by atoms with van der Waals surface area (Å²) >= 11 is 0. The topological polar surface area (TPSA) is 43.9 Å². The molecular weight excluding hydrogens is 314 g/mol. The Morgan fingerprint density at radius 2 is 1.92 bits per heavy atom.